The van der Waals surface area contributed by atoms with Crippen molar-refractivity contribution in [3.8, 4) is 0 Å². The van der Waals surface area contributed by atoms with Crippen LogP contribution in [0.3, 0.4) is 0 Å². The number of carbonyl (C=O) groups excluding carboxylic acids is 1. The normalized spacial score (nSPS) is 19.7. The minimum absolute atomic E-state index is 0.0920. The van der Waals surface area contributed by atoms with Crippen molar-refractivity contribution >= 4 is 5.91 Å². The number of amides is 1. The van der Waals surface area contributed by atoms with Crippen LogP contribution in [-0.4, -0.2) is 25.1 Å². The number of benzene rings is 1. The van der Waals surface area contributed by atoms with E-state index < -0.39 is 0 Å². The second-order valence-electron chi connectivity index (χ2n) is 4.03. The first-order valence-electron chi connectivity index (χ1n) is 5.49. The van der Waals surface area contributed by atoms with Gasteiger partial charge in [0.2, 0.25) is 0 Å². The van der Waals surface area contributed by atoms with Crippen LogP contribution in [-0.2, 0) is 4.84 Å². The zero-order chi connectivity index (χ0) is 11.4. The third-order valence-corrected chi connectivity index (χ3v) is 2.65. The molecule has 1 aliphatic rings. The average Bonchev–Trinajstić information content (AvgIpc) is 2.80. The van der Waals surface area contributed by atoms with Gasteiger partial charge in [-0.1, -0.05) is 17.7 Å². The van der Waals surface area contributed by atoms with Crippen molar-refractivity contribution in [2.75, 3.05) is 13.1 Å². The van der Waals surface area contributed by atoms with Gasteiger partial charge in [0.15, 0.2) is 0 Å². The Hall–Kier alpha value is -1.39. The number of nitrogens with one attached hydrogen (secondary N) is 2. The van der Waals surface area contributed by atoms with Crippen LogP contribution in [0.15, 0.2) is 24.3 Å². The van der Waals surface area contributed by atoms with E-state index in [1.54, 1.807) is 12.1 Å². The van der Waals surface area contributed by atoms with Gasteiger partial charge in [-0.15, -0.1) is 0 Å². The van der Waals surface area contributed by atoms with Gasteiger partial charge in [-0.3, -0.25) is 9.63 Å². The fourth-order valence-electron chi connectivity index (χ4n) is 1.63. The van der Waals surface area contributed by atoms with Gasteiger partial charge >= 0.3 is 0 Å². The molecule has 1 aromatic carbocycles. The molecule has 4 nitrogen and oxygen atoms in total. The van der Waals surface area contributed by atoms with Crippen LogP contribution in [0.1, 0.15) is 22.3 Å². The highest BCUT2D eigenvalue weighted by molar-refractivity contribution is 5.93. The Morgan fingerprint density at radius 1 is 1.44 bits per heavy atom. The number of hydrogen-bond acceptors (Lipinski definition) is 3. The van der Waals surface area contributed by atoms with Gasteiger partial charge in [-0.25, -0.2) is 5.48 Å². The number of aryl methyl sites for hydroxylation is 1. The summed E-state index contributed by atoms with van der Waals surface area (Å²) in [7, 11) is 0. The molecule has 1 amide bonds. The lowest BCUT2D eigenvalue weighted by Gasteiger charge is -2.10. The summed E-state index contributed by atoms with van der Waals surface area (Å²) in [6.07, 6.45) is 1.03. The molecule has 0 saturated carbocycles. The Kier molecular flexibility index (Phi) is 3.54. The van der Waals surface area contributed by atoms with E-state index in [4.69, 9.17) is 4.84 Å². The first kappa shape index (κ1) is 11.1. The third kappa shape index (κ3) is 2.81. The van der Waals surface area contributed by atoms with Crippen molar-refractivity contribution in [2.24, 2.45) is 0 Å². The van der Waals surface area contributed by atoms with Gasteiger partial charge in [-0.05, 0) is 32.0 Å². The van der Waals surface area contributed by atoms with Crippen molar-refractivity contribution in [1.29, 1.82) is 0 Å². The van der Waals surface area contributed by atoms with Gasteiger partial charge in [-0.2, -0.15) is 0 Å². The second kappa shape index (κ2) is 5.09. The Morgan fingerprint density at radius 3 is 2.81 bits per heavy atom. The maximum atomic E-state index is 11.7. The molecule has 2 rings (SSSR count). The summed E-state index contributed by atoms with van der Waals surface area (Å²) in [6, 6.07) is 7.40. The maximum Gasteiger partial charge on any atom is 0.274 e. The molecule has 0 aromatic heterocycles. The summed E-state index contributed by atoms with van der Waals surface area (Å²) >= 11 is 0. The van der Waals surface area contributed by atoms with Crippen molar-refractivity contribution in [3.05, 3.63) is 35.4 Å². The minimum atomic E-state index is -0.188. The van der Waals surface area contributed by atoms with E-state index in [1.807, 2.05) is 19.1 Å². The molecule has 2 N–H and O–H groups in total. The van der Waals surface area contributed by atoms with Crippen molar-refractivity contribution in [2.45, 2.75) is 19.4 Å². The van der Waals surface area contributed by atoms with Crippen LogP contribution < -0.4 is 10.8 Å². The van der Waals surface area contributed by atoms with Crippen LogP contribution >= 0.6 is 0 Å². The van der Waals surface area contributed by atoms with Gasteiger partial charge in [0.25, 0.3) is 5.91 Å². The Labute approximate surface area is 94.9 Å². The summed E-state index contributed by atoms with van der Waals surface area (Å²) < 4.78 is 0. The first-order chi connectivity index (χ1) is 7.75. The molecule has 1 atom stereocenters. The maximum absolute atomic E-state index is 11.7. The first-order valence-corrected chi connectivity index (χ1v) is 5.49. The SMILES string of the molecule is Cc1ccc(C(=O)NOC2CCNC2)cc1. The number of rotatable bonds is 3. The molecule has 1 fully saturated rings. The van der Waals surface area contributed by atoms with Crippen LogP contribution in [0.25, 0.3) is 0 Å². The molecule has 1 heterocycles. The Morgan fingerprint density at radius 2 is 2.19 bits per heavy atom. The lowest BCUT2D eigenvalue weighted by atomic mass is 10.1. The minimum Gasteiger partial charge on any atom is -0.314 e. The predicted octanol–water partition coefficient (Wildman–Crippen LogP) is 1.02. The molecule has 0 aliphatic carbocycles. The molecule has 86 valence electrons. The highest BCUT2D eigenvalue weighted by Crippen LogP contribution is 2.04. The zero-order valence-corrected chi connectivity index (χ0v) is 9.32. The standard InChI is InChI=1S/C12H16N2O2/c1-9-2-4-10(5-3-9)12(15)14-16-11-6-7-13-8-11/h2-5,11,13H,6-8H2,1H3,(H,14,15). The summed E-state index contributed by atoms with van der Waals surface area (Å²) in [5.41, 5.74) is 4.24. The van der Waals surface area contributed by atoms with Gasteiger partial charge in [0.1, 0.15) is 0 Å². The summed E-state index contributed by atoms with van der Waals surface area (Å²) in [5.74, 6) is -0.188. The Bertz CT molecular complexity index is 356. The smallest absolute Gasteiger partial charge is 0.274 e. The molecular formula is C12H16N2O2. The number of hydrogen-bond donors (Lipinski definition) is 2. The van der Waals surface area contributed by atoms with E-state index in [1.165, 1.54) is 0 Å². The van der Waals surface area contributed by atoms with Gasteiger partial charge in [0, 0.05) is 12.1 Å². The second-order valence-corrected chi connectivity index (χ2v) is 4.03. The van der Waals surface area contributed by atoms with E-state index in [-0.39, 0.29) is 12.0 Å². The van der Waals surface area contributed by atoms with E-state index in [9.17, 15) is 4.79 Å². The van der Waals surface area contributed by atoms with E-state index >= 15 is 0 Å². The number of carbonyl (C=O) groups is 1. The van der Waals surface area contributed by atoms with E-state index in [0.717, 1.165) is 25.1 Å². The highest BCUT2D eigenvalue weighted by atomic mass is 16.7. The molecule has 1 unspecified atom stereocenters. The van der Waals surface area contributed by atoms with Crippen LogP contribution in [0.5, 0.6) is 0 Å². The molecule has 1 aromatic rings. The molecule has 1 aliphatic heterocycles. The zero-order valence-electron chi connectivity index (χ0n) is 9.32. The summed E-state index contributed by atoms with van der Waals surface area (Å²) in [6.45, 7) is 3.74. The molecule has 16 heavy (non-hydrogen) atoms. The topological polar surface area (TPSA) is 50.4 Å². The summed E-state index contributed by atoms with van der Waals surface area (Å²) in [5, 5.41) is 3.17. The quantitative estimate of drug-likeness (QED) is 0.748. The fraction of sp³-hybridized carbons (Fsp3) is 0.417. The molecular weight excluding hydrogens is 204 g/mol. The van der Waals surface area contributed by atoms with E-state index in [2.05, 4.69) is 10.8 Å². The largest absolute Gasteiger partial charge is 0.314 e. The van der Waals surface area contributed by atoms with Gasteiger partial charge in [0.05, 0.1) is 6.10 Å². The predicted molar refractivity (Wildman–Crippen MR) is 61.0 cm³/mol. The molecule has 0 radical (unpaired) electrons. The fourth-order valence-corrected chi connectivity index (χ4v) is 1.63. The van der Waals surface area contributed by atoms with Crippen LogP contribution in [0.4, 0.5) is 0 Å². The third-order valence-electron chi connectivity index (χ3n) is 2.65. The van der Waals surface area contributed by atoms with Crippen molar-refractivity contribution in [3.63, 3.8) is 0 Å². The molecule has 0 spiro atoms. The monoisotopic (exact) mass is 220 g/mol. The highest BCUT2D eigenvalue weighted by Gasteiger charge is 2.16. The lowest BCUT2D eigenvalue weighted by Crippen LogP contribution is -2.30. The summed E-state index contributed by atoms with van der Waals surface area (Å²) in [4.78, 5) is 16.9. The van der Waals surface area contributed by atoms with Crippen molar-refractivity contribution < 1.29 is 9.63 Å². The molecule has 1 saturated heterocycles. The van der Waals surface area contributed by atoms with E-state index in [0.29, 0.717) is 5.56 Å². The van der Waals surface area contributed by atoms with Crippen molar-refractivity contribution in [1.82, 2.24) is 10.8 Å². The molecule has 4 heteroatoms. The number of hydroxylamine groups is 1. The Balaban J connectivity index is 1.85. The average molecular weight is 220 g/mol. The van der Waals surface area contributed by atoms with Crippen LogP contribution in [0, 0.1) is 6.92 Å². The lowest BCUT2D eigenvalue weighted by molar-refractivity contribution is -0.00680. The van der Waals surface area contributed by atoms with Crippen LogP contribution in [0.2, 0.25) is 0 Å². The molecule has 0 bridgehead atoms. The van der Waals surface area contributed by atoms with Gasteiger partial charge < -0.3 is 5.32 Å².